The van der Waals surface area contributed by atoms with E-state index in [1.165, 1.54) is 0 Å². The first-order chi connectivity index (χ1) is 30.2. The summed E-state index contributed by atoms with van der Waals surface area (Å²) in [4.78, 5) is 63.0. The molecule has 0 unspecified atom stereocenters. The molecule has 2 amide bonds. The predicted octanol–water partition coefficient (Wildman–Crippen LogP) is 7.23. The van der Waals surface area contributed by atoms with Crippen LogP contribution in [0.25, 0.3) is 0 Å². The number of alkyl carbamates (subject to hydrolysis) is 2. The van der Waals surface area contributed by atoms with E-state index in [0.29, 0.717) is 54.6 Å². The normalized spacial score (nSPS) is 16.1. The second-order valence-corrected chi connectivity index (χ2v) is 18.3. The van der Waals surface area contributed by atoms with Gasteiger partial charge in [0.15, 0.2) is 11.7 Å². The summed E-state index contributed by atoms with van der Waals surface area (Å²) in [6, 6.07) is 12.3. The number of benzene rings is 2. The van der Waals surface area contributed by atoms with Gasteiger partial charge in [-0.2, -0.15) is 0 Å². The summed E-state index contributed by atoms with van der Waals surface area (Å²) >= 11 is 0. The standard InChI is InChI=1S/C47H73N7O10/c1-11-31(3)38(50-44(57)61-46(5,6)7)42(55)63-52-40(48)34-16-20-36(21-17-34)59-29-13-15-33-24-27-54(28-25-33)26-14-30-60-37-22-18-35(19-23-37)41(49)53-64-43(56)39(32(4)12-2)51-45(58)62-47(8,9)10/h16-23,31-33,38-39H,11-15,24-30H2,1-10H3,(H2,48,52)(H2,49,53)(H,50,57)(H,51,58)/t31-,32-,38-,39-/m0/s1. The van der Waals surface area contributed by atoms with Gasteiger partial charge in [0.25, 0.3) is 0 Å². The van der Waals surface area contributed by atoms with E-state index in [1.54, 1.807) is 90.1 Å². The van der Waals surface area contributed by atoms with Gasteiger partial charge in [-0.25, -0.2) is 19.2 Å². The third-order valence-electron chi connectivity index (χ3n) is 10.7. The number of amidine groups is 2. The predicted molar refractivity (Wildman–Crippen MR) is 246 cm³/mol. The molecule has 1 aliphatic heterocycles. The number of oxime groups is 2. The number of nitrogens with two attached hydrogens (primary N) is 2. The van der Waals surface area contributed by atoms with Crippen molar-refractivity contribution >= 4 is 35.8 Å². The molecule has 0 saturated carbocycles. The van der Waals surface area contributed by atoms with Crippen molar-refractivity contribution in [2.45, 2.75) is 137 Å². The molecule has 0 spiro atoms. The van der Waals surface area contributed by atoms with E-state index >= 15 is 0 Å². The van der Waals surface area contributed by atoms with Crippen molar-refractivity contribution in [2.75, 3.05) is 32.8 Å². The van der Waals surface area contributed by atoms with Crippen LogP contribution in [-0.2, 0) is 28.7 Å². The van der Waals surface area contributed by atoms with Gasteiger partial charge in [0, 0.05) is 17.7 Å². The van der Waals surface area contributed by atoms with Gasteiger partial charge in [-0.3, -0.25) is 0 Å². The van der Waals surface area contributed by atoms with Gasteiger partial charge in [-0.05, 0) is 153 Å². The zero-order chi connectivity index (χ0) is 47.5. The molecule has 64 heavy (non-hydrogen) atoms. The second-order valence-electron chi connectivity index (χ2n) is 18.3. The molecule has 0 bridgehead atoms. The Kier molecular flexibility index (Phi) is 21.1. The van der Waals surface area contributed by atoms with Gasteiger partial charge >= 0.3 is 24.1 Å². The molecule has 4 atom stereocenters. The Balaban J connectivity index is 1.32. The van der Waals surface area contributed by atoms with E-state index in [0.717, 1.165) is 51.7 Å². The molecule has 17 heteroatoms. The monoisotopic (exact) mass is 896 g/mol. The zero-order valence-corrected chi connectivity index (χ0v) is 39.6. The number of hydrogen-bond acceptors (Lipinski definition) is 13. The average molecular weight is 896 g/mol. The van der Waals surface area contributed by atoms with Crippen molar-refractivity contribution < 1.29 is 47.8 Å². The minimum Gasteiger partial charge on any atom is -0.494 e. The fourth-order valence-electron chi connectivity index (χ4n) is 6.60. The smallest absolute Gasteiger partial charge is 0.408 e. The van der Waals surface area contributed by atoms with E-state index in [4.69, 9.17) is 40.1 Å². The van der Waals surface area contributed by atoms with Crippen LogP contribution < -0.4 is 31.6 Å². The maximum Gasteiger partial charge on any atom is 0.408 e. The van der Waals surface area contributed by atoms with Gasteiger partial charge < -0.3 is 55.6 Å². The summed E-state index contributed by atoms with van der Waals surface area (Å²) in [5.41, 5.74) is 11.9. The summed E-state index contributed by atoms with van der Waals surface area (Å²) in [6.45, 7) is 22.1. The van der Waals surface area contributed by atoms with E-state index in [9.17, 15) is 19.2 Å². The van der Waals surface area contributed by atoms with Crippen LogP contribution in [0.3, 0.4) is 0 Å². The summed E-state index contributed by atoms with van der Waals surface area (Å²) in [6.07, 6.45) is 5.03. The molecular weight excluding hydrogens is 823 g/mol. The maximum atomic E-state index is 12.8. The molecule has 1 saturated heterocycles. The number of ether oxygens (including phenoxy) is 4. The van der Waals surface area contributed by atoms with Gasteiger partial charge in [0.05, 0.1) is 13.2 Å². The van der Waals surface area contributed by atoms with Crippen molar-refractivity contribution in [3.63, 3.8) is 0 Å². The van der Waals surface area contributed by atoms with Crippen LogP contribution in [0.2, 0.25) is 0 Å². The number of nitrogens with zero attached hydrogens (tertiary/aromatic N) is 3. The summed E-state index contributed by atoms with van der Waals surface area (Å²) in [5.74, 6) is 0.192. The van der Waals surface area contributed by atoms with Crippen LogP contribution in [0.15, 0.2) is 58.8 Å². The topological polar surface area (TPSA) is 228 Å². The molecule has 17 nitrogen and oxygen atoms in total. The van der Waals surface area contributed by atoms with Gasteiger partial charge in [0.1, 0.15) is 34.8 Å². The highest BCUT2D eigenvalue weighted by Crippen LogP contribution is 2.23. The number of rotatable bonds is 22. The second kappa shape index (κ2) is 25.6. The SMILES string of the molecule is CC[C@H](C)[C@H](NC(=O)OC(C)(C)C)C(=O)ON=C(N)c1ccc(OCCCC2CCN(CCCOc3ccc(C(N)=NOC(=O)[C@@H](NC(=O)OC(C)(C)C)[C@@H](C)CC)cc3)CC2)cc1. The number of carbonyl (C=O) groups is 4. The third kappa shape index (κ3) is 19.4. The van der Waals surface area contributed by atoms with Crippen molar-refractivity contribution in [3.8, 4) is 11.5 Å². The molecule has 2 aromatic rings. The molecule has 1 aliphatic rings. The molecule has 356 valence electrons. The largest absolute Gasteiger partial charge is 0.494 e. The Morgan fingerprint density at radius 2 is 1.06 bits per heavy atom. The highest BCUT2D eigenvalue weighted by Gasteiger charge is 2.31. The van der Waals surface area contributed by atoms with Crippen molar-refractivity contribution in [1.29, 1.82) is 0 Å². The van der Waals surface area contributed by atoms with Crippen LogP contribution in [0.4, 0.5) is 9.59 Å². The lowest BCUT2D eigenvalue weighted by molar-refractivity contribution is -0.148. The third-order valence-corrected chi connectivity index (χ3v) is 10.7. The van der Waals surface area contributed by atoms with Crippen molar-refractivity contribution in [3.05, 3.63) is 59.7 Å². The molecule has 0 aliphatic carbocycles. The number of nitrogens with one attached hydrogen (secondary N) is 2. The van der Waals surface area contributed by atoms with E-state index < -0.39 is 47.4 Å². The molecule has 2 aromatic carbocycles. The summed E-state index contributed by atoms with van der Waals surface area (Å²) < 4.78 is 22.5. The van der Waals surface area contributed by atoms with Gasteiger partial charge in [-0.1, -0.05) is 50.8 Å². The highest BCUT2D eigenvalue weighted by molar-refractivity contribution is 5.98. The Hall–Kier alpha value is -5.58. The molecular formula is C47H73N7O10. The van der Waals surface area contributed by atoms with Crippen LogP contribution in [0, 0.1) is 17.8 Å². The number of carbonyl (C=O) groups excluding carboxylic acids is 4. The minimum atomic E-state index is -0.949. The molecule has 0 radical (unpaired) electrons. The Morgan fingerprint density at radius 1 is 0.672 bits per heavy atom. The molecule has 1 heterocycles. The highest BCUT2D eigenvalue weighted by atomic mass is 16.7. The van der Waals surface area contributed by atoms with Gasteiger partial charge in [-0.15, -0.1) is 0 Å². The van der Waals surface area contributed by atoms with Crippen molar-refractivity contribution in [2.24, 2.45) is 39.5 Å². The molecule has 1 fully saturated rings. The van der Waals surface area contributed by atoms with Crippen LogP contribution in [0.5, 0.6) is 11.5 Å². The Labute approximate surface area is 379 Å². The van der Waals surface area contributed by atoms with E-state index in [-0.39, 0.29) is 23.5 Å². The molecule has 6 N–H and O–H groups in total. The van der Waals surface area contributed by atoms with Crippen LogP contribution >= 0.6 is 0 Å². The Bertz CT molecular complexity index is 1700. The number of piperidine rings is 1. The first-order valence-electron chi connectivity index (χ1n) is 22.4. The number of amides is 2. The lowest BCUT2D eigenvalue weighted by Gasteiger charge is -2.32. The summed E-state index contributed by atoms with van der Waals surface area (Å²) in [5, 5.41) is 12.8. The fourth-order valence-corrected chi connectivity index (χ4v) is 6.60. The summed E-state index contributed by atoms with van der Waals surface area (Å²) in [7, 11) is 0. The van der Waals surface area contributed by atoms with Gasteiger partial charge in [0.2, 0.25) is 0 Å². The van der Waals surface area contributed by atoms with Crippen LogP contribution in [-0.4, -0.2) is 96.8 Å². The van der Waals surface area contributed by atoms with E-state index in [2.05, 4.69) is 25.8 Å². The maximum absolute atomic E-state index is 12.8. The number of likely N-dealkylation sites (tertiary alicyclic amines) is 1. The average Bonchev–Trinajstić information content (AvgIpc) is 3.24. The Morgan fingerprint density at radius 3 is 1.44 bits per heavy atom. The fraction of sp³-hybridized carbons (Fsp3) is 0.617. The molecule has 0 aromatic heterocycles. The van der Waals surface area contributed by atoms with Crippen molar-refractivity contribution in [1.82, 2.24) is 15.5 Å². The quantitative estimate of drug-likeness (QED) is 0.0301. The minimum absolute atomic E-state index is 0.0165. The lowest BCUT2D eigenvalue weighted by atomic mass is 9.92. The first-order valence-corrected chi connectivity index (χ1v) is 22.4. The van der Waals surface area contributed by atoms with Crippen LogP contribution in [0.1, 0.15) is 125 Å². The number of hydrogen-bond donors (Lipinski definition) is 4. The first kappa shape index (κ1) is 52.8. The zero-order valence-electron chi connectivity index (χ0n) is 39.6. The van der Waals surface area contributed by atoms with E-state index in [1.807, 2.05) is 27.7 Å². The lowest BCUT2D eigenvalue weighted by Crippen LogP contribution is -2.47. The molecule has 3 rings (SSSR count).